The van der Waals surface area contributed by atoms with Crippen LogP contribution in [0.25, 0.3) is 10.8 Å². The Labute approximate surface area is 150 Å². The van der Waals surface area contributed by atoms with E-state index in [9.17, 15) is 22.3 Å². The van der Waals surface area contributed by atoms with E-state index in [2.05, 4.69) is 4.72 Å². The van der Waals surface area contributed by atoms with E-state index in [0.29, 0.717) is 11.6 Å². The van der Waals surface area contributed by atoms with Crippen LogP contribution in [0, 0.1) is 11.6 Å². The van der Waals surface area contributed by atoms with Crippen molar-refractivity contribution in [3.63, 3.8) is 0 Å². The van der Waals surface area contributed by atoms with Crippen molar-refractivity contribution < 1.29 is 22.3 Å². The Bertz CT molecular complexity index is 1030. The Morgan fingerprint density at radius 1 is 1.00 bits per heavy atom. The predicted molar refractivity (Wildman–Crippen MR) is 95.1 cm³/mol. The van der Waals surface area contributed by atoms with E-state index in [4.69, 9.17) is 0 Å². The zero-order valence-corrected chi connectivity index (χ0v) is 14.5. The predicted octanol–water partition coefficient (Wildman–Crippen LogP) is 3.52. The highest BCUT2D eigenvalue weighted by molar-refractivity contribution is 7.89. The fraction of sp³-hybridized carbons (Fsp3) is 0.158. The van der Waals surface area contributed by atoms with Gasteiger partial charge in [0, 0.05) is 12.6 Å². The van der Waals surface area contributed by atoms with Crippen molar-refractivity contribution in [2.24, 2.45) is 0 Å². The summed E-state index contributed by atoms with van der Waals surface area (Å²) in [5.41, 5.74) is 0.690. The second-order valence-electron chi connectivity index (χ2n) is 5.85. The second-order valence-corrected chi connectivity index (χ2v) is 7.58. The van der Waals surface area contributed by atoms with Gasteiger partial charge in [0.1, 0.15) is 16.5 Å². The zero-order chi connectivity index (χ0) is 18.7. The van der Waals surface area contributed by atoms with Gasteiger partial charge in [-0.2, -0.15) is 0 Å². The first-order valence-corrected chi connectivity index (χ1v) is 9.47. The van der Waals surface area contributed by atoms with Crippen LogP contribution < -0.4 is 4.72 Å². The van der Waals surface area contributed by atoms with Crippen LogP contribution in [0.15, 0.2) is 65.6 Å². The number of aliphatic hydroxyl groups excluding tert-OH is 1. The minimum absolute atomic E-state index is 0.0937. The first-order chi connectivity index (χ1) is 12.4. The Morgan fingerprint density at radius 3 is 2.50 bits per heavy atom. The Balaban J connectivity index is 1.70. The number of benzene rings is 3. The molecule has 0 fully saturated rings. The number of hydrogen-bond donors (Lipinski definition) is 2. The van der Waals surface area contributed by atoms with Crippen LogP contribution in [-0.4, -0.2) is 20.1 Å². The largest absolute Gasteiger partial charge is 0.388 e. The highest BCUT2D eigenvalue weighted by Crippen LogP contribution is 2.26. The molecule has 4 nitrogen and oxygen atoms in total. The van der Waals surface area contributed by atoms with Crippen LogP contribution in [0.3, 0.4) is 0 Å². The van der Waals surface area contributed by atoms with Crippen LogP contribution in [0.2, 0.25) is 0 Å². The molecule has 0 aliphatic rings. The number of sulfonamides is 1. The number of nitrogens with one attached hydrogen (secondary N) is 1. The maximum Gasteiger partial charge on any atom is 0.243 e. The molecule has 0 bridgehead atoms. The number of hydrogen-bond acceptors (Lipinski definition) is 3. The molecule has 26 heavy (non-hydrogen) atoms. The maximum absolute atomic E-state index is 13.7. The van der Waals surface area contributed by atoms with Gasteiger partial charge in [-0.1, -0.05) is 42.5 Å². The van der Waals surface area contributed by atoms with Crippen molar-refractivity contribution in [3.8, 4) is 0 Å². The van der Waals surface area contributed by atoms with Crippen molar-refractivity contribution in [2.45, 2.75) is 17.4 Å². The van der Waals surface area contributed by atoms with E-state index in [1.165, 1.54) is 0 Å². The van der Waals surface area contributed by atoms with E-state index in [0.717, 1.165) is 22.9 Å². The molecule has 0 saturated carbocycles. The SMILES string of the molecule is O=S(=O)(NCCC(O)c1cccc2ccccc12)c1ccc(F)cc1F. The third kappa shape index (κ3) is 3.90. The first kappa shape index (κ1) is 18.4. The standard InChI is InChI=1S/C19H17F2NO3S/c20-14-8-9-19(17(21)12-14)26(24,25)22-11-10-18(23)16-7-3-5-13-4-1-2-6-15(13)16/h1-9,12,18,22-23H,10-11H2. The summed E-state index contributed by atoms with van der Waals surface area (Å²) in [6.45, 7) is -0.0937. The van der Waals surface area contributed by atoms with Crippen LogP contribution in [0.4, 0.5) is 8.78 Å². The van der Waals surface area contributed by atoms with Crippen molar-refractivity contribution in [1.82, 2.24) is 4.72 Å². The van der Waals surface area contributed by atoms with Crippen molar-refractivity contribution >= 4 is 20.8 Å². The highest BCUT2D eigenvalue weighted by atomic mass is 32.2. The zero-order valence-electron chi connectivity index (χ0n) is 13.7. The fourth-order valence-corrected chi connectivity index (χ4v) is 3.90. The molecule has 0 aliphatic carbocycles. The summed E-state index contributed by atoms with van der Waals surface area (Å²) in [6.07, 6.45) is -0.780. The summed E-state index contributed by atoms with van der Waals surface area (Å²) in [6, 6.07) is 15.3. The summed E-state index contributed by atoms with van der Waals surface area (Å²) in [5, 5.41) is 12.3. The van der Waals surface area contributed by atoms with Gasteiger partial charge in [0.05, 0.1) is 6.10 Å². The smallest absolute Gasteiger partial charge is 0.243 e. The quantitative estimate of drug-likeness (QED) is 0.691. The van der Waals surface area contributed by atoms with Crippen LogP contribution >= 0.6 is 0 Å². The molecule has 3 rings (SSSR count). The van der Waals surface area contributed by atoms with Gasteiger partial charge in [0.2, 0.25) is 10.0 Å². The molecule has 0 aliphatic heterocycles. The molecule has 0 spiro atoms. The fourth-order valence-electron chi connectivity index (χ4n) is 2.80. The van der Waals surface area contributed by atoms with Gasteiger partial charge in [-0.25, -0.2) is 21.9 Å². The molecule has 3 aromatic carbocycles. The number of rotatable bonds is 6. The van der Waals surface area contributed by atoms with E-state index < -0.39 is 32.7 Å². The monoisotopic (exact) mass is 377 g/mol. The molecule has 0 saturated heterocycles. The van der Waals surface area contributed by atoms with E-state index in [-0.39, 0.29) is 13.0 Å². The molecule has 136 valence electrons. The van der Waals surface area contributed by atoms with Crippen LogP contribution in [0.5, 0.6) is 0 Å². The molecule has 0 radical (unpaired) electrons. The summed E-state index contributed by atoms with van der Waals surface area (Å²) < 4.78 is 53.1. The van der Waals surface area contributed by atoms with Gasteiger partial charge in [-0.15, -0.1) is 0 Å². The summed E-state index contributed by atoms with van der Waals surface area (Å²) in [5.74, 6) is -2.01. The Hall–Kier alpha value is -2.35. The van der Waals surface area contributed by atoms with Gasteiger partial charge < -0.3 is 5.11 Å². The number of halogens is 2. The summed E-state index contributed by atoms with van der Waals surface area (Å²) >= 11 is 0. The first-order valence-electron chi connectivity index (χ1n) is 7.99. The van der Waals surface area contributed by atoms with Crippen molar-refractivity contribution in [2.75, 3.05) is 6.54 Å². The third-order valence-electron chi connectivity index (χ3n) is 4.08. The molecule has 7 heteroatoms. The van der Waals surface area contributed by atoms with Gasteiger partial charge in [-0.05, 0) is 34.9 Å². The van der Waals surface area contributed by atoms with E-state index >= 15 is 0 Å². The molecule has 0 heterocycles. The van der Waals surface area contributed by atoms with Crippen LogP contribution in [-0.2, 0) is 10.0 Å². The summed E-state index contributed by atoms with van der Waals surface area (Å²) in [7, 11) is -4.13. The maximum atomic E-state index is 13.7. The average molecular weight is 377 g/mol. The molecular weight excluding hydrogens is 360 g/mol. The van der Waals surface area contributed by atoms with E-state index in [1.54, 1.807) is 6.07 Å². The van der Waals surface area contributed by atoms with Crippen molar-refractivity contribution in [3.05, 3.63) is 77.9 Å². The van der Waals surface area contributed by atoms with Crippen LogP contribution in [0.1, 0.15) is 18.1 Å². The minimum atomic E-state index is -4.13. The van der Waals surface area contributed by atoms with Gasteiger partial charge in [0.15, 0.2) is 0 Å². The lowest BCUT2D eigenvalue weighted by Gasteiger charge is -2.14. The molecule has 0 amide bonds. The number of fused-ring (bicyclic) bond motifs is 1. The number of aliphatic hydroxyl groups is 1. The molecule has 1 atom stereocenters. The summed E-state index contributed by atoms with van der Waals surface area (Å²) in [4.78, 5) is -0.626. The van der Waals surface area contributed by atoms with E-state index in [1.807, 2.05) is 36.4 Å². The lowest BCUT2D eigenvalue weighted by Crippen LogP contribution is -2.26. The molecule has 0 aromatic heterocycles. The Morgan fingerprint density at radius 2 is 1.73 bits per heavy atom. The normalized spacial score (nSPS) is 13.0. The topological polar surface area (TPSA) is 66.4 Å². The molecule has 3 aromatic rings. The molecule has 2 N–H and O–H groups in total. The highest BCUT2D eigenvalue weighted by Gasteiger charge is 2.20. The minimum Gasteiger partial charge on any atom is -0.388 e. The molecular formula is C19H17F2NO3S. The van der Waals surface area contributed by atoms with Gasteiger partial charge >= 0.3 is 0 Å². The Kier molecular flexibility index (Phi) is 5.31. The van der Waals surface area contributed by atoms with Gasteiger partial charge in [0.25, 0.3) is 0 Å². The van der Waals surface area contributed by atoms with Gasteiger partial charge in [-0.3, -0.25) is 0 Å². The second kappa shape index (κ2) is 7.49. The third-order valence-corrected chi connectivity index (χ3v) is 5.57. The molecule has 1 unspecified atom stereocenters. The lowest BCUT2D eigenvalue weighted by molar-refractivity contribution is 0.170. The van der Waals surface area contributed by atoms with Crippen molar-refractivity contribution in [1.29, 1.82) is 0 Å². The lowest BCUT2D eigenvalue weighted by atomic mass is 9.99. The average Bonchev–Trinajstić information content (AvgIpc) is 2.60.